The SMILES string of the molecule is Cc1ccccc1-n1c(C)nnc1SCc1nc2ccccc2c(=O)n1C. The van der Waals surface area contributed by atoms with Gasteiger partial charge in [-0.2, -0.15) is 0 Å². The van der Waals surface area contributed by atoms with Crippen molar-refractivity contribution in [1.29, 1.82) is 0 Å². The molecule has 0 saturated carbocycles. The molecular weight excluding hydrogens is 358 g/mol. The standard InChI is InChI=1S/C20H19N5OS/c1-13-8-4-7-11-17(13)25-14(2)22-23-20(25)27-12-18-21-16-10-6-5-9-15(16)19(26)24(18)3/h4-11H,12H2,1-3H3. The Kier molecular flexibility index (Phi) is 4.53. The molecule has 136 valence electrons. The first-order valence-electron chi connectivity index (χ1n) is 8.61. The molecule has 0 aliphatic rings. The molecule has 0 aliphatic carbocycles. The highest BCUT2D eigenvalue weighted by atomic mass is 32.2. The number of benzene rings is 2. The average Bonchev–Trinajstić information content (AvgIpc) is 3.04. The first kappa shape index (κ1) is 17.5. The highest BCUT2D eigenvalue weighted by molar-refractivity contribution is 7.98. The number of hydrogen-bond acceptors (Lipinski definition) is 5. The van der Waals surface area contributed by atoms with E-state index in [9.17, 15) is 4.79 Å². The van der Waals surface area contributed by atoms with Crippen LogP contribution in [0.3, 0.4) is 0 Å². The third-order valence-corrected chi connectivity index (χ3v) is 5.48. The first-order chi connectivity index (χ1) is 13.1. The molecule has 2 heterocycles. The Hall–Kier alpha value is -2.93. The smallest absolute Gasteiger partial charge is 0.261 e. The van der Waals surface area contributed by atoms with Gasteiger partial charge in [0.05, 0.1) is 22.3 Å². The van der Waals surface area contributed by atoms with Gasteiger partial charge in [-0.05, 0) is 37.6 Å². The van der Waals surface area contributed by atoms with E-state index in [1.807, 2.05) is 41.8 Å². The molecule has 4 rings (SSSR count). The quantitative estimate of drug-likeness (QED) is 0.510. The molecule has 0 spiro atoms. The monoisotopic (exact) mass is 377 g/mol. The predicted molar refractivity (Wildman–Crippen MR) is 107 cm³/mol. The lowest BCUT2D eigenvalue weighted by Gasteiger charge is -2.12. The molecule has 0 aliphatic heterocycles. The van der Waals surface area contributed by atoms with Crippen molar-refractivity contribution in [3.8, 4) is 5.69 Å². The van der Waals surface area contributed by atoms with E-state index in [2.05, 4.69) is 34.2 Å². The van der Waals surface area contributed by atoms with Gasteiger partial charge >= 0.3 is 0 Å². The van der Waals surface area contributed by atoms with E-state index in [0.29, 0.717) is 22.5 Å². The summed E-state index contributed by atoms with van der Waals surface area (Å²) in [6.07, 6.45) is 0. The first-order valence-corrected chi connectivity index (χ1v) is 9.60. The highest BCUT2D eigenvalue weighted by Crippen LogP contribution is 2.26. The van der Waals surface area contributed by atoms with Gasteiger partial charge in [0.1, 0.15) is 11.6 Å². The summed E-state index contributed by atoms with van der Waals surface area (Å²) < 4.78 is 3.65. The molecule has 0 unspecified atom stereocenters. The number of aryl methyl sites for hydroxylation is 2. The van der Waals surface area contributed by atoms with Crippen molar-refractivity contribution in [2.24, 2.45) is 7.05 Å². The molecule has 0 bridgehead atoms. The molecular formula is C20H19N5OS. The number of thioether (sulfide) groups is 1. The molecule has 0 fully saturated rings. The van der Waals surface area contributed by atoms with E-state index in [0.717, 1.165) is 22.2 Å². The largest absolute Gasteiger partial charge is 0.299 e. The zero-order chi connectivity index (χ0) is 19.0. The van der Waals surface area contributed by atoms with Crippen LogP contribution in [-0.2, 0) is 12.8 Å². The number of para-hydroxylation sites is 2. The van der Waals surface area contributed by atoms with Crippen LogP contribution in [0.25, 0.3) is 16.6 Å². The van der Waals surface area contributed by atoms with Crippen molar-refractivity contribution < 1.29 is 0 Å². The summed E-state index contributed by atoms with van der Waals surface area (Å²) in [4.78, 5) is 17.2. The Morgan fingerprint density at radius 1 is 1.00 bits per heavy atom. The second-order valence-corrected chi connectivity index (χ2v) is 7.29. The van der Waals surface area contributed by atoms with Crippen LogP contribution in [0.5, 0.6) is 0 Å². The van der Waals surface area contributed by atoms with Crippen molar-refractivity contribution >= 4 is 22.7 Å². The van der Waals surface area contributed by atoms with Crippen molar-refractivity contribution in [2.45, 2.75) is 24.8 Å². The molecule has 2 aromatic heterocycles. The molecule has 27 heavy (non-hydrogen) atoms. The third-order valence-electron chi connectivity index (χ3n) is 4.56. The van der Waals surface area contributed by atoms with E-state index in [-0.39, 0.29) is 5.56 Å². The molecule has 0 atom stereocenters. The molecule has 0 N–H and O–H groups in total. The summed E-state index contributed by atoms with van der Waals surface area (Å²) in [5.41, 5.74) is 2.89. The lowest BCUT2D eigenvalue weighted by atomic mass is 10.2. The Morgan fingerprint density at radius 3 is 2.56 bits per heavy atom. The topological polar surface area (TPSA) is 65.6 Å². The van der Waals surface area contributed by atoms with Crippen LogP contribution in [0, 0.1) is 13.8 Å². The van der Waals surface area contributed by atoms with E-state index in [1.165, 1.54) is 11.8 Å². The minimum absolute atomic E-state index is 0.0345. The van der Waals surface area contributed by atoms with Crippen molar-refractivity contribution in [1.82, 2.24) is 24.3 Å². The van der Waals surface area contributed by atoms with Crippen LogP contribution in [0.2, 0.25) is 0 Å². The maximum absolute atomic E-state index is 12.6. The second-order valence-electron chi connectivity index (χ2n) is 6.35. The molecule has 0 saturated heterocycles. The van der Waals surface area contributed by atoms with Crippen LogP contribution in [0.4, 0.5) is 0 Å². The summed E-state index contributed by atoms with van der Waals surface area (Å²) in [6.45, 7) is 4.01. The molecule has 0 amide bonds. The number of rotatable bonds is 4. The van der Waals surface area contributed by atoms with E-state index in [4.69, 9.17) is 0 Å². The van der Waals surface area contributed by atoms with E-state index in [1.54, 1.807) is 17.7 Å². The van der Waals surface area contributed by atoms with Crippen LogP contribution >= 0.6 is 11.8 Å². The minimum Gasteiger partial charge on any atom is -0.299 e. The van der Waals surface area contributed by atoms with Crippen molar-refractivity contribution in [3.63, 3.8) is 0 Å². The zero-order valence-electron chi connectivity index (χ0n) is 15.4. The van der Waals surface area contributed by atoms with Gasteiger partial charge < -0.3 is 0 Å². The lowest BCUT2D eigenvalue weighted by molar-refractivity contribution is 0.782. The predicted octanol–water partition coefficient (Wildman–Crippen LogP) is 3.42. The number of nitrogens with zero attached hydrogens (tertiary/aromatic N) is 5. The molecule has 0 radical (unpaired) electrons. The fraction of sp³-hybridized carbons (Fsp3) is 0.200. The van der Waals surface area contributed by atoms with Gasteiger partial charge in [-0.25, -0.2) is 4.98 Å². The van der Waals surface area contributed by atoms with Crippen molar-refractivity contribution in [3.05, 3.63) is 76.1 Å². The summed E-state index contributed by atoms with van der Waals surface area (Å²) in [6, 6.07) is 15.6. The van der Waals surface area contributed by atoms with Crippen LogP contribution in [0.15, 0.2) is 58.5 Å². The summed E-state index contributed by atoms with van der Waals surface area (Å²) in [5.74, 6) is 2.06. The fourth-order valence-electron chi connectivity index (χ4n) is 3.05. The number of aromatic nitrogens is 5. The van der Waals surface area contributed by atoms with Crippen LogP contribution in [0.1, 0.15) is 17.2 Å². The van der Waals surface area contributed by atoms with E-state index < -0.39 is 0 Å². The Labute approximate surface area is 160 Å². The van der Waals surface area contributed by atoms with Gasteiger partial charge in [0.2, 0.25) is 0 Å². The zero-order valence-corrected chi connectivity index (χ0v) is 16.2. The number of hydrogen-bond donors (Lipinski definition) is 0. The Bertz CT molecular complexity index is 1190. The maximum Gasteiger partial charge on any atom is 0.261 e. The van der Waals surface area contributed by atoms with Gasteiger partial charge in [-0.15, -0.1) is 10.2 Å². The average molecular weight is 377 g/mol. The van der Waals surface area contributed by atoms with Gasteiger partial charge in [0.15, 0.2) is 5.16 Å². The summed E-state index contributed by atoms with van der Waals surface area (Å²) in [7, 11) is 1.76. The molecule has 4 aromatic rings. The maximum atomic E-state index is 12.6. The van der Waals surface area contributed by atoms with Gasteiger partial charge in [-0.1, -0.05) is 42.1 Å². The van der Waals surface area contributed by atoms with Gasteiger partial charge in [0.25, 0.3) is 5.56 Å². The molecule has 7 heteroatoms. The normalized spacial score (nSPS) is 11.2. The van der Waals surface area contributed by atoms with Gasteiger partial charge in [-0.3, -0.25) is 13.9 Å². The molecule has 6 nitrogen and oxygen atoms in total. The summed E-state index contributed by atoms with van der Waals surface area (Å²) in [5, 5.41) is 9.98. The van der Waals surface area contributed by atoms with Crippen LogP contribution in [-0.4, -0.2) is 24.3 Å². The number of fused-ring (bicyclic) bond motifs is 1. The summed E-state index contributed by atoms with van der Waals surface area (Å²) >= 11 is 1.52. The van der Waals surface area contributed by atoms with E-state index >= 15 is 0 Å². The third kappa shape index (κ3) is 3.14. The second kappa shape index (κ2) is 7.00. The Morgan fingerprint density at radius 2 is 1.74 bits per heavy atom. The van der Waals surface area contributed by atoms with Crippen LogP contribution < -0.4 is 5.56 Å². The minimum atomic E-state index is -0.0345. The Balaban J connectivity index is 1.70. The van der Waals surface area contributed by atoms with Gasteiger partial charge in [0, 0.05) is 7.05 Å². The van der Waals surface area contributed by atoms with Crippen molar-refractivity contribution in [2.75, 3.05) is 0 Å². The molecule has 2 aromatic carbocycles. The lowest BCUT2D eigenvalue weighted by Crippen LogP contribution is -2.22. The highest BCUT2D eigenvalue weighted by Gasteiger charge is 2.15. The fourth-order valence-corrected chi connectivity index (χ4v) is 4.02.